The summed E-state index contributed by atoms with van der Waals surface area (Å²) in [6, 6.07) is 17.4. The van der Waals surface area contributed by atoms with Gasteiger partial charge in [-0.1, -0.05) is 48.5 Å². The number of hydrogen-bond donors (Lipinski definition) is 1. The zero-order chi connectivity index (χ0) is 19.1. The van der Waals surface area contributed by atoms with Crippen LogP contribution in [0.3, 0.4) is 0 Å². The normalized spacial score (nSPS) is 18.4. The van der Waals surface area contributed by atoms with Gasteiger partial charge in [-0.2, -0.15) is 0 Å². The first-order valence-electron chi connectivity index (χ1n) is 9.61. The molecular weight excluding hydrogens is 341 g/mol. The van der Waals surface area contributed by atoms with Gasteiger partial charge in [0.1, 0.15) is 5.82 Å². The SMILES string of the molecule is CN1CCN(CCCNC(=O)Cc2ccccc2F)C(c2ccccc2)C1. The fourth-order valence-electron chi connectivity index (χ4n) is 3.60. The van der Waals surface area contributed by atoms with Crippen LogP contribution in [0, 0.1) is 5.82 Å². The molecule has 0 aromatic heterocycles. The lowest BCUT2D eigenvalue weighted by Gasteiger charge is -2.40. The molecule has 4 nitrogen and oxygen atoms in total. The molecule has 0 bridgehead atoms. The van der Waals surface area contributed by atoms with Gasteiger partial charge in [-0.15, -0.1) is 0 Å². The average molecular weight is 369 g/mol. The van der Waals surface area contributed by atoms with E-state index in [1.54, 1.807) is 18.2 Å². The molecule has 1 fully saturated rings. The van der Waals surface area contributed by atoms with Gasteiger partial charge in [0.2, 0.25) is 5.91 Å². The van der Waals surface area contributed by atoms with E-state index < -0.39 is 0 Å². The molecule has 5 heteroatoms. The number of amides is 1. The summed E-state index contributed by atoms with van der Waals surface area (Å²) in [7, 11) is 2.16. The highest BCUT2D eigenvalue weighted by Crippen LogP contribution is 2.24. The maximum Gasteiger partial charge on any atom is 0.224 e. The van der Waals surface area contributed by atoms with E-state index >= 15 is 0 Å². The number of benzene rings is 2. The van der Waals surface area contributed by atoms with Gasteiger partial charge in [0.15, 0.2) is 0 Å². The van der Waals surface area contributed by atoms with Crippen molar-refractivity contribution in [2.75, 3.05) is 39.8 Å². The molecule has 1 atom stereocenters. The number of carbonyl (C=O) groups excluding carboxylic acids is 1. The number of halogens is 1. The highest BCUT2D eigenvalue weighted by atomic mass is 19.1. The number of nitrogens with zero attached hydrogens (tertiary/aromatic N) is 2. The van der Waals surface area contributed by atoms with Gasteiger partial charge in [-0.05, 0) is 30.7 Å². The maximum absolute atomic E-state index is 13.6. The first kappa shape index (κ1) is 19.5. The second kappa shape index (κ2) is 9.62. The second-order valence-electron chi connectivity index (χ2n) is 7.20. The quantitative estimate of drug-likeness (QED) is 0.763. The lowest BCUT2D eigenvalue weighted by molar-refractivity contribution is -0.120. The molecule has 144 valence electrons. The van der Waals surface area contributed by atoms with Gasteiger partial charge in [0.25, 0.3) is 0 Å². The van der Waals surface area contributed by atoms with Gasteiger partial charge < -0.3 is 10.2 Å². The first-order chi connectivity index (χ1) is 13.1. The van der Waals surface area contributed by atoms with Crippen LogP contribution in [-0.2, 0) is 11.2 Å². The van der Waals surface area contributed by atoms with Crippen molar-refractivity contribution in [1.82, 2.24) is 15.1 Å². The van der Waals surface area contributed by atoms with Gasteiger partial charge in [0.05, 0.1) is 6.42 Å². The average Bonchev–Trinajstić information content (AvgIpc) is 2.68. The monoisotopic (exact) mass is 369 g/mol. The summed E-state index contributed by atoms with van der Waals surface area (Å²) in [5.41, 5.74) is 1.78. The topological polar surface area (TPSA) is 35.6 Å². The molecule has 1 N–H and O–H groups in total. The van der Waals surface area contributed by atoms with Crippen molar-refractivity contribution >= 4 is 5.91 Å². The zero-order valence-electron chi connectivity index (χ0n) is 15.9. The number of nitrogens with one attached hydrogen (secondary N) is 1. The van der Waals surface area contributed by atoms with E-state index in [9.17, 15) is 9.18 Å². The predicted octanol–water partition coefficient (Wildman–Crippen LogP) is 2.86. The third-order valence-corrected chi connectivity index (χ3v) is 5.13. The zero-order valence-corrected chi connectivity index (χ0v) is 15.9. The fraction of sp³-hybridized carbons (Fsp3) is 0.409. The Morgan fingerprint density at radius 3 is 2.63 bits per heavy atom. The van der Waals surface area contributed by atoms with Crippen LogP contribution in [0.2, 0.25) is 0 Å². The van der Waals surface area contributed by atoms with Crippen molar-refractivity contribution in [3.05, 3.63) is 71.5 Å². The molecule has 2 aromatic rings. The van der Waals surface area contributed by atoms with Crippen LogP contribution in [-0.4, -0.2) is 55.5 Å². The fourth-order valence-corrected chi connectivity index (χ4v) is 3.60. The van der Waals surface area contributed by atoms with Crippen molar-refractivity contribution in [2.24, 2.45) is 0 Å². The van der Waals surface area contributed by atoms with E-state index in [0.29, 0.717) is 18.2 Å². The lowest BCUT2D eigenvalue weighted by Crippen LogP contribution is -2.47. The summed E-state index contributed by atoms with van der Waals surface area (Å²) in [6.07, 6.45) is 0.976. The molecule has 2 aromatic carbocycles. The summed E-state index contributed by atoms with van der Waals surface area (Å²) in [5.74, 6) is -0.450. The first-order valence-corrected chi connectivity index (χ1v) is 9.61. The highest BCUT2D eigenvalue weighted by molar-refractivity contribution is 5.78. The Morgan fingerprint density at radius 1 is 1.11 bits per heavy atom. The molecule has 0 radical (unpaired) electrons. The Kier molecular flexibility index (Phi) is 6.96. The van der Waals surface area contributed by atoms with Crippen LogP contribution >= 0.6 is 0 Å². The number of rotatable bonds is 7. The van der Waals surface area contributed by atoms with Gasteiger partial charge >= 0.3 is 0 Å². The van der Waals surface area contributed by atoms with Crippen molar-refractivity contribution in [3.63, 3.8) is 0 Å². The third-order valence-electron chi connectivity index (χ3n) is 5.13. The van der Waals surface area contributed by atoms with Crippen LogP contribution in [0.4, 0.5) is 4.39 Å². The maximum atomic E-state index is 13.6. The summed E-state index contributed by atoms with van der Waals surface area (Å²) in [4.78, 5) is 16.9. The molecule has 1 saturated heterocycles. The van der Waals surface area contributed by atoms with Crippen molar-refractivity contribution < 1.29 is 9.18 Å². The Morgan fingerprint density at radius 2 is 1.85 bits per heavy atom. The highest BCUT2D eigenvalue weighted by Gasteiger charge is 2.25. The van der Waals surface area contributed by atoms with Crippen molar-refractivity contribution in [1.29, 1.82) is 0 Å². The number of hydrogen-bond acceptors (Lipinski definition) is 3. The van der Waals surface area contributed by atoms with Gasteiger partial charge in [-0.3, -0.25) is 9.69 Å². The van der Waals surface area contributed by atoms with E-state index in [2.05, 4.69) is 46.4 Å². The molecule has 0 saturated carbocycles. The summed E-state index contributed by atoms with van der Waals surface area (Å²) in [5, 5.41) is 2.92. The number of likely N-dealkylation sites (N-methyl/N-ethyl adjacent to an activating group) is 1. The predicted molar refractivity (Wildman–Crippen MR) is 106 cm³/mol. The molecule has 1 aliphatic heterocycles. The molecule has 3 rings (SSSR count). The van der Waals surface area contributed by atoms with Gasteiger partial charge in [-0.25, -0.2) is 4.39 Å². The van der Waals surface area contributed by atoms with Crippen LogP contribution in [0.5, 0.6) is 0 Å². The summed E-state index contributed by atoms with van der Waals surface area (Å²) < 4.78 is 13.6. The largest absolute Gasteiger partial charge is 0.356 e. The van der Waals surface area contributed by atoms with E-state index in [-0.39, 0.29) is 18.1 Å². The third kappa shape index (κ3) is 5.62. The van der Waals surface area contributed by atoms with E-state index in [1.165, 1.54) is 11.6 Å². The minimum absolute atomic E-state index is 0.0911. The van der Waals surface area contributed by atoms with Crippen molar-refractivity contribution in [2.45, 2.75) is 18.9 Å². The van der Waals surface area contributed by atoms with Crippen LogP contribution < -0.4 is 5.32 Å². The second-order valence-corrected chi connectivity index (χ2v) is 7.20. The number of piperazine rings is 1. The molecule has 0 spiro atoms. The van der Waals surface area contributed by atoms with Crippen molar-refractivity contribution in [3.8, 4) is 0 Å². The molecule has 1 amide bonds. The summed E-state index contributed by atoms with van der Waals surface area (Å²) >= 11 is 0. The Balaban J connectivity index is 1.46. The Bertz CT molecular complexity index is 737. The molecule has 1 aliphatic rings. The molecule has 1 unspecified atom stereocenters. The van der Waals surface area contributed by atoms with Crippen LogP contribution in [0.15, 0.2) is 54.6 Å². The smallest absolute Gasteiger partial charge is 0.224 e. The molecule has 1 heterocycles. The minimum atomic E-state index is -0.323. The van der Waals surface area contributed by atoms with E-state index in [4.69, 9.17) is 0 Å². The standard InChI is InChI=1S/C22H28FN3O/c1-25-14-15-26(21(17-25)18-8-3-2-4-9-18)13-7-12-24-22(27)16-19-10-5-6-11-20(19)23/h2-6,8-11,21H,7,12-17H2,1H3,(H,24,27). The van der Waals surface area contributed by atoms with Gasteiger partial charge in [0, 0.05) is 38.8 Å². The molecular formula is C22H28FN3O. The number of carbonyl (C=O) groups is 1. The molecule has 27 heavy (non-hydrogen) atoms. The minimum Gasteiger partial charge on any atom is -0.356 e. The summed E-state index contributed by atoms with van der Waals surface area (Å²) in [6.45, 7) is 4.65. The van der Waals surface area contributed by atoms with Crippen LogP contribution in [0.1, 0.15) is 23.6 Å². The Labute approximate surface area is 161 Å². The van der Waals surface area contributed by atoms with E-state index in [1.807, 2.05) is 6.07 Å². The van der Waals surface area contributed by atoms with E-state index in [0.717, 1.165) is 32.6 Å². The lowest BCUT2D eigenvalue weighted by atomic mass is 10.0. The van der Waals surface area contributed by atoms with Crippen LogP contribution in [0.25, 0.3) is 0 Å². The Hall–Kier alpha value is -2.24. The molecule has 0 aliphatic carbocycles.